The van der Waals surface area contributed by atoms with Crippen molar-refractivity contribution in [3.8, 4) is 11.1 Å². The average Bonchev–Trinajstić information content (AvgIpc) is 2.24. The minimum absolute atomic E-state index is 0.216. The number of aromatic nitrogens is 2. The Morgan fingerprint density at radius 2 is 1.87 bits per heavy atom. The molecule has 0 saturated heterocycles. The van der Waals surface area contributed by atoms with Crippen molar-refractivity contribution in [2.24, 2.45) is 0 Å². The van der Waals surface area contributed by atoms with Gasteiger partial charge in [0.05, 0.1) is 0 Å². The molecule has 0 saturated carbocycles. The van der Waals surface area contributed by atoms with Gasteiger partial charge < -0.3 is 5.73 Å². The lowest BCUT2D eigenvalue weighted by molar-refractivity contribution is 0.619. The van der Waals surface area contributed by atoms with Gasteiger partial charge in [0.2, 0.25) is 5.95 Å². The highest BCUT2D eigenvalue weighted by atomic mass is 19.1. The molecular weight excluding hydrogens is 193 g/mol. The molecule has 0 aliphatic heterocycles. The number of rotatable bonds is 1. The average molecular weight is 203 g/mol. The summed E-state index contributed by atoms with van der Waals surface area (Å²) in [5.41, 5.74) is 7.52. The molecule has 4 heteroatoms. The number of benzene rings is 1. The lowest BCUT2D eigenvalue weighted by Gasteiger charge is -2.05. The van der Waals surface area contributed by atoms with Crippen LogP contribution < -0.4 is 5.73 Å². The van der Waals surface area contributed by atoms with Gasteiger partial charge in [-0.2, -0.15) is 0 Å². The van der Waals surface area contributed by atoms with Crippen LogP contribution >= 0.6 is 0 Å². The maximum absolute atomic E-state index is 13.3. The molecule has 0 spiro atoms. The minimum Gasteiger partial charge on any atom is -0.368 e. The van der Waals surface area contributed by atoms with Gasteiger partial charge in [0.1, 0.15) is 5.82 Å². The normalized spacial score (nSPS) is 10.3. The molecule has 2 aromatic rings. The van der Waals surface area contributed by atoms with Crippen molar-refractivity contribution < 1.29 is 4.39 Å². The van der Waals surface area contributed by atoms with Crippen molar-refractivity contribution in [2.75, 3.05) is 5.73 Å². The van der Waals surface area contributed by atoms with Crippen molar-refractivity contribution in [3.63, 3.8) is 0 Å². The lowest BCUT2D eigenvalue weighted by atomic mass is 10.0. The van der Waals surface area contributed by atoms with E-state index >= 15 is 0 Å². The van der Waals surface area contributed by atoms with E-state index in [1.54, 1.807) is 25.4 Å². The van der Waals surface area contributed by atoms with Crippen LogP contribution in [-0.4, -0.2) is 9.97 Å². The Labute approximate surface area is 86.8 Å². The molecule has 0 bridgehead atoms. The third kappa shape index (κ3) is 1.79. The van der Waals surface area contributed by atoms with Gasteiger partial charge in [0.15, 0.2) is 0 Å². The maximum atomic E-state index is 13.3. The maximum Gasteiger partial charge on any atom is 0.219 e. The predicted octanol–water partition coefficient (Wildman–Crippen LogP) is 2.17. The zero-order valence-corrected chi connectivity index (χ0v) is 8.24. The van der Waals surface area contributed by atoms with Gasteiger partial charge in [-0.25, -0.2) is 14.4 Å². The number of halogens is 1. The highest BCUT2D eigenvalue weighted by Gasteiger charge is 2.06. The summed E-state index contributed by atoms with van der Waals surface area (Å²) in [6, 6.07) is 4.91. The largest absolute Gasteiger partial charge is 0.368 e. The van der Waals surface area contributed by atoms with Crippen LogP contribution in [0.25, 0.3) is 11.1 Å². The van der Waals surface area contributed by atoms with Crippen molar-refractivity contribution in [2.45, 2.75) is 6.92 Å². The first-order chi connectivity index (χ1) is 7.18. The highest BCUT2D eigenvalue weighted by Crippen LogP contribution is 2.23. The summed E-state index contributed by atoms with van der Waals surface area (Å²) in [6.07, 6.45) is 3.17. The van der Waals surface area contributed by atoms with E-state index in [0.29, 0.717) is 5.56 Å². The van der Waals surface area contributed by atoms with E-state index in [1.807, 2.05) is 6.07 Å². The lowest BCUT2D eigenvalue weighted by Crippen LogP contribution is -1.95. The topological polar surface area (TPSA) is 51.8 Å². The molecule has 0 amide bonds. The molecule has 15 heavy (non-hydrogen) atoms. The summed E-state index contributed by atoms with van der Waals surface area (Å²) in [7, 11) is 0. The van der Waals surface area contributed by atoms with Crippen molar-refractivity contribution in [1.29, 1.82) is 0 Å². The van der Waals surface area contributed by atoms with E-state index in [0.717, 1.165) is 11.1 Å². The Morgan fingerprint density at radius 3 is 2.53 bits per heavy atom. The van der Waals surface area contributed by atoms with Crippen molar-refractivity contribution in [3.05, 3.63) is 42.0 Å². The van der Waals surface area contributed by atoms with E-state index in [-0.39, 0.29) is 11.8 Å². The fourth-order valence-corrected chi connectivity index (χ4v) is 1.40. The van der Waals surface area contributed by atoms with E-state index in [1.165, 1.54) is 6.07 Å². The van der Waals surface area contributed by atoms with Crippen LogP contribution in [-0.2, 0) is 0 Å². The fourth-order valence-electron chi connectivity index (χ4n) is 1.40. The minimum atomic E-state index is -0.232. The second-order valence-electron chi connectivity index (χ2n) is 3.24. The molecule has 0 unspecified atom stereocenters. The first-order valence-corrected chi connectivity index (χ1v) is 4.51. The standard InChI is InChI=1S/C11H10FN3/c1-7-9(3-2-4-10(7)12)8-5-14-11(13)15-6-8/h2-6H,1H3,(H2,13,14,15). The third-order valence-electron chi connectivity index (χ3n) is 2.25. The Balaban J connectivity index is 2.54. The van der Waals surface area contributed by atoms with Crippen LogP contribution in [0, 0.1) is 12.7 Å². The summed E-state index contributed by atoms with van der Waals surface area (Å²) in [4.78, 5) is 7.74. The fraction of sp³-hybridized carbons (Fsp3) is 0.0909. The molecule has 1 aromatic heterocycles. The number of nitrogens with zero attached hydrogens (tertiary/aromatic N) is 2. The molecule has 0 radical (unpaired) electrons. The van der Waals surface area contributed by atoms with E-state index in [4.69, 9.17) is 5.73 Å². The Bertz CT molecular complexity index is 480. The van der Waals surface area contributed by atoms with Gasteiger partial charge >= 0.3 is 0 Å². The number of hydrogen-bond acceptors (Lipinski definition) is 3. The monoisotopic (exact) mass is 203 g/mol. The first-order valence-electron chi connectivity index (χ1n) is 4.51. The molecular formula is C11H10FN3. The van der Waals surface area contributed by atoms with Gasteiger partial charge in [-0.15, -0.1) is 0 Å². The molecule has 1 aromatic carbocycles. The summed E-state index contributed by atoms with van der Waals surface area (Å²) >= 11 is 0. The molecule has 0 fully saturated rings. The summed E-state index contributed by atoms with van der Waals surface area (Å²) in [5, 5.41) is 0. The molecule has 3 nitrogen and oxygen atoms in total. The molecule has 0 aliphatic carbocycles. The molecule has 76 valence electrons. The van der Waals surface area contributed by atoms with Crippen LogP contribution in [0.4, 0.5) is 10.3 Å². The highest BCUT2D eigenvalue weighted by molar-refractivity contribution is 5.65. The molecule has 2 N–H and O–H groups in total. The van der Waals surface area contributed by atoms with Crippen LogP contribution in [0.2, 0.25) is 0 Å². The van der Waals surface area contributed by atoms with Crippen LogP contribution in [0.3, 0.4) is 0 Å². The number of nitrogen functional groups attached to an aromatic ring is 1. The Morgan fingerprint density at radius 1 is 1.20 bits per heavy atom. The Hall–Kier alpha value is -1.97. The molecule has 0 atom stereocenters. The van der Waals surface area contributed by atoms with Crippen LogP contribution in [0.1, 0.15) is 5.56 Å². The number of anilines is 1. The summed E-state index contributed by atoms with van der Waals surface area (Å²) in [5.74, 6) is -0.0165. The molecule has 2 rings (SSSR count). The quantitative estimate of drug-likeness (QED) is 0.772. The third-order valence-corrected chi connectivity index (χ3v) is 2.25. The summed E-state index contributed by atoms with van der Waals surface area (Å²) in [6.45, 7) is 1.72. The van der Waals surface area contributed by atoms with Gasteiger partial charge in [0.25, 0.3) is 0 Å². The Kier molecular flexibility index (Phi) is 2.33. The van der Waals surface area contributed by atoms with Crippen molar-refractivity contribution in [1.82, 2.24) is 9.97 Å². The van der Waals surface area contributed by atoms with E-state index in [2.05, 4.69) is 9.97 Å². The second-order valence-corrected chi connectivity index (χ2v) is 3.24. The van der Waals surface area contributed by atoms with Gasteiger partial charge in [-0.1, -0.05) is 12.1 Å². The number of nitrogens with two attached hydrogens (primary N) is 1. The van der Waals surface area contributed by atoms with Crippen molar-refractivity contribution >= 4 is 5.95 Å². The zero-order chi connectivity index (χ0) is 10.8. The van der Waals surface area contributed by atoms with Gasteiger partial charge in [0, 0.05) is 18.0 Å². The van der Waals surface area contributed by atoms with Gasteiger partial charge in [-0.3, -0.25) is 0 Å². The smallest absolute Gasteiger partial charge is 0.219 e. The predicted molar refractivity (Wildman–Crippen MR) is 56.6 cm³/mol. The zero-order valence-electron chi connectivity index (χ0n) is 8.24. The molecule has 1 heterocycles. The second kappa shape index (κ2) is 3.65. The first kappa shape index (κ1) is 9.58. The number of hydrogen-bond donors (Lipinski definition) is 1. The van der Waals surface area contributed by atoms with E-state index < -0.39 is 0 Å². The van der Waals surface area contributed by atoms with Crippen LogP contribution in [0.15, 0.2) is 30.6 Å². The van der Waals surface area contributed by atoms with E-state index in [9.17, 15) is 4.39 Å². The van der Waals surface area contributed by atoms with Crippen LogP contribution in [0.5, 0.6) is 0 Å². The van der Waals surface area contributed by atoms with Gasteiger partial charge in [-0.05, 0) is 24.1 Å². The summed E-state index contributed by atoms with van der Waals surface area (Å²) < 4.78 is 13.3. The SMILES string of the molecule is Cc1c(F)cccc1-c1cnc(N)nc1. The molecule has 0 aliphatic rings.